The Morgan fingerprint density at radius 3 is 1.73 bits per heavy atom. The summed E-state index contributed by atoms with van der Waals surface area (Å²) < 4.78 is 0. The third-order valence-corrected chi connectivity index (χ3v) is 4.01. The van der Waals surface area contributed by atoms with Gasteiger partial charge in [-0.05, 0) is 85.5 Å². The Labute approximate surface area is 172 Å². The molecule has 0 aromatic rings. The molecule has 142 valence electrons. The Balaban J connectivity index is 0.000000893. The van der Waals surface area contributed by atoms with Gasteiger partial charge in [0.05, 0.1) is 11.8 Å². The molecule has 4 heteroatoms. The van der Waals surface area contributed by atoms with Crippen molar-refractivity contribution in [3.8, 4) is 0 Å². The van der Waals surface area contributed by atoms with Crippen LogP contribution in [0.3, 0.4) is 0 Å². The fourth-order valence-electron chi connectivity index (χ4n) is 2.85. The second-order valence-corrected chi connectivity index (χ2v) is 6.74. The van der Waals surface area contributed by atoms with E-state index in [1.807, 2.05) is 64.7 Å². The number of carbonyl (C=O) groups is 2. The smallest absolute Gasteiger partial charge is 0.337 e. The third kappa shape index (κ3) is 8.13. The van der Waals surface area contributed by atoms with Crippen LogP contribution in [0.4, 0.5) is 0 Å². The van der Waals surface area contributed by atoms with Crippen molar-refractivity contribution in [2.24, 2.45) is 0 Å². The Bertz CT molecular complexity index is 389. The number of unbranched alkanes of at least 4 members (excludes halogenated alkanes) is 1. The number of nitrogens with zero attached hydrogens (tertiary/aromatic N) is 1. The molecule has 0 heterocycles. The maximum absolute atomic E-state index is 12.7. The average Bonchev–Trinajstić information content (AvgIpc) is 3.25. The summed E-state index contributed by atoms with van der Waals surface area (Å²) in [5.74, 6) is 1.16. The van der Waals surface area contributed by atoms with E-state index in [-0.39, 0.29) is 40.8 Å². The largest absolute Gasteiger partial charge is 2.00 e. The van der Waals surface area contributed by atoms with E-state index < -0.39 is 0 Å². The summed E-state index contributed by atoms with van der Waals surface area (Å²) in [5, 5.41) is 0. The molecule has 26 heavy (non-hydrogen) atoms. The molecular formula is C22H31FeNO2+2. The van der Waals surface area contributed by atoms with Crippen molar-refractivity contribution in [2.45, 2.75) is 66.0 Å². The maximum Gasteiger partial charge on any atom is 2.00 e. The minimum Gasteiger partial charge on any atom is -0.337 e. The molecule has 2 rings (SSSR count). The monoisotopic (exact) mass is 397 g/mol. The standard InChI is InChI=1S/C17H26NO2.C5H5.Fe/c1-6-7-11-16(19)14-9-8-10-15(14)17(20)18(12(2)3)13(4)5;1-2-4-5-3-1;/h8-10,12-13H,6-7,11H2,1-5H3;1-5H;/q;;+2. The van der Waals surface area contributed by atoms with Crippen LogP contribution in [-0.4, -0.2) is 28.7 Å². The van der Waals surface area contributed by atoms with Crippen LogP contribution in [0.25, 0.3) is 0 Å². The van der Waals surface area contributed by atoms with Crippen LogP contribution < -0.4 is 0 Å². The summed E-state index contributed by atoms with van der Waals surface area (Å²) in [4.78, 5) is 26.7. The third-order valence-electron chi connectivity index (χ3n) is 4.01. The number of hydrogen-bond donors (Lipinski definition) is 0. The summed E-state index contributed by atoms with van der Waals surface area (Å²) in [6, 6.07) is 0.243. The number of ketones is 1. The maximum atomic E-state index is 12.7. The molecule has 2 fully saturated rings. The van der Waals surface area contributed by atoms with Crippen LogP contribution >= 0.6 is 0 Å². The topological polar surface area (TPSA) is 37.4 Å². The van der Waals surface area contributed by atoms with Crippen molar-refractivity contribution in [1.29, 1.82) is 0 Å². The molecule has 0 saturated heterocycles. The Morgan fingerprint density at radius 1 is 0.846 bits per heavy atom. The fourth-order valence-corrected chi connectivity index (χ4v) is 2.85. The van der Waals surface area contributed by atoms with Crippen molar-refractivity contribution in [3.63, 3.8) is 0 Å². The second kappa shape index (κ2) is 13.8. The summed E-state index contributed by atoms with van der Waals surface area (Å²) >= 11 is 0. The molecule has 0 aromatic carbocycles. The van der Waals surface area contributed by atoms with E-state index >= 15 is 0 Å². The zero-order valence-corrected chi connectivity index (χ0v) is 17.6. The molecule has 2 aliphatic rings. The number of Topliss-reactive ketones (excluding diaryl/α,β-unsaturated/α-hetero) is 1. The molecule has 0 aromatic heterocycles. The molecule has 0 unspecified atom stereocenters. The van der Waals surface area contributed by atoms with E-state index in [1.165, 1.54) is 0 Å². The Morgan fingerprint density at radius 2 is 1.31 bits per heavy atom. The van der Waals surface area contributed by atoms with Crippen LogP contribution in [0.1, 0.15) is 53.9 Å². The minimum atomic E-state index is -0.0418. The first-order valence-electron chi connectivity index (χ1n) is 9.18. The van der Waals surface area contributed by atoms with Gasteiger partial charge in [-0.3, -0.25) is 9.59 Å². The van der Waals surface area contributed by atoms with E-state index in [1.54, 1.807) is 19.3 Å². The fraction of sp³-hybridized carbons (Fsp3) is 0.455. The van der Waals surface area contributed by atoms with E-state index in [0.29, 0.717) is 18.3 Å². The van der Waals surface area contributed by atoms with Crippen molar-refractivity contribution < 1.29 is 26.7 Å². The van der Waals surface area contributed by atoms with Crippen molar-refractivity contribution >= 4 is 11.7 Å². The van der Waals surface area contributed by atoms with Crippen molar-refractivity contribution in [2.75, 3.05) is 0 Å². The molecule has 3 nitrogen and oxygen atoms in total. The SMILES string of the molecule is CCCCC(=O)[C]1[CH][CH][CH][C]1C(=O)N(C(C)C)C(C)C.[CH]1[CH][CH][CH][CH]1.[Fe+2]. The van der Waals surface area contributed by atoms with Gasteiger partial charge in [0.1, 0.15) is 5.78 Å². The summed E-state index contributed by atoms with van der Waals surface area (Å²) in [6.07, 6.45) is 17.7. The molecule has 2 aliphatic carbocycles. The first-order valence-corrected chi connectivity index (χ1v) is 9.18. The van der Waals surface area contributed by atoms with Gasteiger partial charge in [-0.2, -0.15) is 0 Å². The van der Waals surface area contributed by atoms with Crippen LogP contribution in [0.5, 0.6) is 0 Å². The quantitative estimate of drug-likeness (QED) is 0.605. The minimum absolute atomic E-state index is 0. The predicted molar refractivity (Wildman–Crippen MR) is 103 cm³/mol. The Kier molecular flexibility index (Phi) is 13.6. The van der Waals surface area contributed by atoms with Crippen LogP contribution in [0.2, 0.25) is 0 Å². The van der Waals surface area contributed by atoms with Gasteiger partial charge in [-0.25, -0.2) is 0 Å². The molecule has 2 saturated carbocycles. The summed E-state index contributed by atoms with van der Waals surface area (Å²) in [7, 11) is 0. The normalized spacial score (nSPS) is 17.8. The van der Waals surface area contributed by atoms with E-state index in [9.17, 15) is 9.59 Å². The van der Waals surface area contributed by atoms with Crippen LogP contribution in [-0.2, 0) is 26.7 Å². The molecule has 0 bridgehead atoms. The molecule has 0 aliphatic heterocycles. The van der Waals surface area contributed by atoms with Gasteiger partial charge in [0.2, 0.25) is 5.91 Å². The second-order valence-electron chi connectivity index (χ2n) is 6.74. The van der Waals surface area contributed by atoms with Gasteiger partial charge in [-0.15, -0.1) is 0 Å². The van der Waals surface area contributed by atoms with E-state index in [2.05, 4.69) is 6.92 Å². The van der Waals surface area contributed by atoms with Gasteiger partial charge < -0.3 is 4.90 Å². The van der Waals surface area contributed by atoms with Crippen molar-refractivity contribution in [3.05, 3.63) is 63.2 Å². The van der Waals surface area contributed by atoms with E-state index in [4.69, 9.17) is 0 Å². The van der Waals surface area contributed by atoms with Crippen LogP contribution in [0, 0.1) is 63.2 Å². The number of rotatable bonds is 7. The molecule has 1 amide bonds. The molecule has 0 atom stereocenters. The van der Waals surface area contributed by atoms with Gasteiger partial charge in [0.15, 0.2) is 0 Å². The summed E-state index contributed by atoms with van der Waals surface area (Å²) in [5.41, 5.74) is 0. The first kappa shape index (κ1) is 25.7. The molecule has 0 N–H and O–H groups in total. The van der Waals surface area contributed by atoms with Crippen LogP contribution in [0.15, 0.2) is 0 Å². The zero-order valence-electron chi connectivity index (χ0n) is 16.5. The molecule has 0 spiro atoms. The average molecular weight is 397 g/mol. The number of hydrogen-bond acceptors (Lipinski definition) is 2. The number of amides is 1. The molecular weight excluding hydrogens is 366 g/mol. The van der Waals surface area contributed by atoms with Gasteiger partial charge in [0.25, 0.3) is 0 Å². The zero-order chi connectivity index (χ0) is 18.8. The van der Waals surface area contributed by atoms with Gasteiger partial charge in [-0.1, -0.05) is 13.3 Å². The summed E-state index contributed by atoms with van der Waals surface area (Å²) in [6.45, 7) is 10.1. The molecule has 10 radical (unpaired) electrons. The number of carbonyl (C=O) groups excluding carboxylic acids is 2. The van der Waals surface area contributed by atoms with Gasteiger partial charge in [0, 0.05) is 18.5 Å². The first-order chi connectivity index (χ1) is 11.9. The van der Waals surface area contributed by atoms with Crippen molar-refractivity contribution in [1.82, 2.24) is 4.90 Å². The Hall–Kier alpha value is -0.341. The van der Waals surface area contributed by atoms with E-state index in [0.717, 1.165) is 12.8 Å². The predicted octanol–water partition coefficient (Wildman–Crippen LogP) is 4.19. The van der Waals surface area contributed by atoms with Gasteiger partial charge >= 0.3 is 17.1 Å².